The predicted molar refractivity (Wildman–Crippen MR) is 62.8 cm³/mol. The molecule has 0 saturated heterocycles. The molecular formula is C10H14BrClN2. The molecule has 4 heteroatoms. The summed E-state index contributed by atoms with van der Waals surface area (Å²) in [6.07, 6.45) is 0.802. The molecule has 14 heavy (non-hydrogen) atoms. The average Bonchev–Trinajstić information content (AvgIpc) is 2.07. The standard InChI is InChI=1S/C10H14BrClN2/c1-5-6-13-8(10(2,3)4)7(11)9(12)14-6/h5H2,1-4H3. The third-order valence-corrected chi connectivity index (χ3v) is 3.14. The van der Waals surface area contributed by atoms with Gasteiger partial charge in [-0.2, -0.15) is 0 Å². The quantitative estimate of drug-likeness (QED) is 0.731. The van der Waals surface area contributed by atoms with E-state index in [-0.39, 0.29) is 5.41 Å². The lowest BCUT2D eigenvalue weighted by molar-refractivity contribution is 0.558. The Bertz CT molecular complexity index is 345. The van der Waals surface area contributed by atoms with E-state index >= 15 is 0 Å². The van der Waals surface area contributed by atoms with Crippen LogP contribution in [-0.2, 0) is 11.8 Å². The van der Waals surface area contributed by atoms with Gasteiger partial charge in [0, 0.05) is 11.8 Å². The smallest absolute Gasteiger partial charge is 0.147 e. The van der Waals surface area contributed by atoms with E-state index in [2.05, 4.69) is 46.7 Å². The van der Waals surface area contributed by atoms with E-state index in [1.54, 1.807) is 0 Å². The third-order valence-electron chi connectivity index (χ3n) is 1.88. The van der Waals surface area contributed by atoms with E-state index in [4.69, 9.17) is 11.6 Å². The largest absolute Gasteiger partial charge is 0.236 e. The van der Waals surface area contributed by atoms with Crippen LogP contribution in [0.4, 0.5) is 0 Å². The first-order valence-electron chi connectivity index (χ1n) is 4.58. The van der Waals surface area contributed by atoms with Crippen LogP contribution in [0.25, 0.3) is 0 Å². The maximum absolute atomic E-state index is 6.01. The van der Waals surface area contributed by atoms with Crippen LogP contribution < -0.4 is 0 Å². The van der Waals surface area contributed by atoms with Crippen molar-refractivity contribution in [2.45, 2.75) is 39.5 Å². The first-order chi connectivity index (χ1) is 6.36. The van der Waals surface area contributed by atoms with Crippen LogP contribution in [0.3, 0.4) is 0 Å². The highest BCUT2D eigenvalue weighted by atomic mass is 79.9. The number of halogens is 2. The van der Waals surface area contributed by atoms with E-state index < -0.39 is 0 Å². The summed E-state index contributed by atoms with van der Waals surface area (Å²) in [7, 11) is 0. The van der Waals surface area contributed by atoms with Crippen molar-refractivity contribution in [3.63, 3.8) is 0 Å². The molecule has 0 aliphatic carbocycles. The van der Waals surface area contributed by atoms with Gasteiger partial charge in [0.15, 0.2) is 0 Å². The van der Waals surface area contributed by atoms with Gasteiger partial charge in [-0.3, -0.25) is 0 Å². The fourth-order valence-corrected chi connectivity index (χ4v) is 2.08. The zero-order valence-corrected chi connectivity index (χ0v) is 11.2. The summed E-state index contributed by atoms with van der Waals surface area (Å²) in [6, 6.07) is 0. The maximum atomic E-state index is 6.01. The number of hydrogen-bond acceptors (Lipinski definition) is 2. The monoisotopic (exact) mass is 276 g/mol. The minimum absolute atomic E-state index is 0.0185. The zero-order valence-electron chi connectivity index (χ0n) is 8.86. The van der Waals surface area contributed by atoms with Gasteiger partial charge in [0.05, 0.1) is 10.2 Å². The molecule has 0 spiro atoms. The van der Waals surface area contributed by atoms with Gasteiger partial charge < -0.3 is 0 Å². The van der Waals surface area contributed by atoms with Crippen LogP contribution in [0.1, 0.15) is 39.2 Å². The van der Waals surface area contributed by atoms with Crippen molar-refractivity contribution in [3.8, 4) is 0 Å². The van der Waals surface area contributed by atoms with Crippen molar-refractivity contribution in [3.05, 3.63) is 21.1 Å². The molecular weight excluding hydrogens is 263 g/mol. The third kappa shape index (κ3) is 2.45. The molecule has 0 radical (unpaired) electrons. The first kappa shape index (κ1) is 11.9. The second kappa shape index (κ2) is 4.15. The minimum atomic E-state index is -0.0185. The Kier molecular flexibility index (Phi) is 3.53. The Morgan fingerprint density at radius 2 is 1.86 bits per heavy atom. The highest BCUT2D eigenvalue weighted by molar-refractivity contribution is 9.10. The second-order valence-corrected chi connectivity index (χ2v) is 5.35. The number of nitrogens with zero attached hydrogens (tertiary/aromatic N) is 2. The molecule has 1 aromatic rings. The summed E-state index contributed by atoms with van der Waals surface area (Å²) in [6.45, 7) is 8.34. The molecule has 0 saturated carbocycles. The lowest BCUT2D eigenvalue weighted by Crippen LogP contribution is -2.16. The van der Waals surface area contributed by atoms with Crippen LogP contribution in [-0.4, -0.2) is 9.97 Å². The van der Waals surface area contributed by atoms with Gasteiger partial charge in [-0.05, 0) is 15.9 Å². The minimum Gasteiger partial charge on any atom is -0.236 e. The molecule has 78 valence electrons. The lowest BCUT2D eigenvalue weighted by atomic mass is 9.92. The van der Waals surface area contributed by atoms with Crippen molar-refractivity contribution in [2.75, 3.05) is 0 Å². The topological polar surface area (TPSA) is 25.8 Å². The Labute approximate surface area is 98.2 Å². The zero-order chi connectivity index (χ0) is 10.9. The Balaban J connectivity index is 3.35. The average molecular weight is 278 g/mol. The fraction of sp³-hybridized carbons (Fsp3) is 0.600. The molecule has 0 amide bonds. The number of aromatic nitrogens is 2. The number of rotatable bonds is 1. The van der Waals surface area contributed by atoms with Crippen molar-refractivity contribution in [2.24, 2.45) is 0 Å². The van der Waals surface area contributed by atoms with Crippen LogP contribution in [0.2, 0.25) is 5.15 Å². The SMILES string of the molecule is CCc1nc(Cl)c(Br)c(C(C)(C)C)n1. The summed E-state index contributed by atoms with van der Waals surface area (Å²) in [5.74, 6) is 0.795. The Hall–Kier alpha value is -0.150. The van der Waals surface area contributed by atoms with Crippen LogP contribution >= 0.6 is 27.5 Å². The summed E-state index contributed by atoms with van der Waals surface area (Å²) in [5, 5.41) is 0.502. The summed E-state index contributed by atoms with van der Waals surface area (Å²) >= 11 is 9.43. The van der Waals surface area contributed by atoms with Crippen molar-refractivity contribution in [1.82, 2.24) is 9.97 Å². The van der Waals surface area contributed by atoms with Crippen molar-refractivity contribution >= 4 is 27.5 Å². The number of hydrogen-bond donors (Lipinski definition) is 0. The van der Waals surface area contributed by atoms with Gasteiger partial charge in [-0.25, -0.2) is 9.97 Å². The van der Waals surface area contributed by atoms with E-state index in [0.717, 1.165) is 22.4 Å². The van der Waals surface area contributed by atoms with Gasteiger partial charge in [-0.15, -0.1) is 0 Å². The molecule has 0 fully saturated rings. The van der Waals surface area contributed by atoms with Gasteiger partial charge in [0.1, 0.15) is 11.0 Å². The van der Waals surface area contributed by atoms with E-state index in [0.29, 0.717) is 5.15 Å². The molecule has 1 heterocycles. The van der Waals surface area contributed by atoms with Crippen molar-refractivity contribution < 1.29 is 0 Å². The number of aryl methyl sites for hydroxylation is 1. The van der Waals surface area contributed by atoms with Gasteiger partial charge >= 0.3 is 0 Å². The lowest BCUT2D eigenvalue weighted by Gasteiger charge is -2.20. The van der Waals surface area contributed by atoms with Gasteiger partial charge in [-0.1, -0.05) is 39.3 Å². The molecule has 2 nitrogen and oxygen atoms in total. The molecule has 1 aromatic heterocycles. The van der Waals surface area contributed by atoms with Crippen LogP contribution in [0, 0.1) is 0 Å². The summed E-state index contributed by atoms with van der Waals surface area (Å²) in [4.78, 5) is 8.65. The Morgan fingerprint density at radius 3 is 2.29 bits per heavy atom. The molecule has 0 aliphatic rings. The predicted octanol–water partition coefficient (Wildman–Crippen LogP) is 3.75. The molecule has 0 N–H and O–H groups in total. The maximum Gasteiger partial charge on any atom is 0.147 e. The summed E-state index contributed by atoms with van der Waals surface area (Å²) < 4.78 is 0.809. The van der Waals surface area contributed by atoms with E-state index in [9.17, 15) is 0 Å². The molecule has 0 unspecified atom stereocenters. The fourth-order valence-electron chi connectivity index (χ4n) is 1.12. The molecule has 0 aliphatic heterocycles. The van der Waals surface area contributed by atoms with Crippen molar-refractivity contribution in [1.29, 1.82) is 0 Å². The van der Waals surface area contributed by atoms with E-state index in [1.165, 1.54) is 0 Å². The highest BCUT2D eigenvalue weighted by Gasteiger charge is 2.22. The highest BCUT2D eigenvalue weighted by Crippen LogP contribution is 2.32. The molecule has 1 rings (SSSR count). The first-order valence-corrected chi connectivity index (χ1v) is 5.75. The molecule has 0 bridgehead atoms. The van der Waals surface area contributed by atoms with E-state index in [1.807, 2.05) is 6.92 Å². The van der Waals surface area contributed by atoms with Crippen LogP contribution in [0.5, 0.6) is 0 Å². The normalized spacial score (nSPS) is 11.9. The van der Waals surface area contributed by atoms with Gasteiger partial charge in [0.25, 0.3) is 0 Å². The molecule has 0 aromatic carbocycles. The second-order valence-electron chi connectivity index (χ2n) is 4.20. The van der Waals surface area contributed by atoms with Crippen LogP contribution in [0.15, 0.2) is 4.47 Å². The Morgan fingerprint density at radius 1 is 1.29 bits per heavy atom. The summed E-state index contributed by atoms with van der Waals surface area (Å²) in [5.41, 5.74) is 0.948. The molecule has 0 atom stereocenters. The van der Waals surface area contributed by atoms with Gasteiger partial charge in [0.2, 0.25) is 0 Å².